The standard InChI is InChI=1S/C23H25N3O3/c1-15-4-5-16(2)18(10-15)11-24-23(27)22-20-13-29-21(12-26(20)14-25-22)17-6-8-19(28-3)9-7-17/h4-10,14,21H,11-13H2,1-3H3,(H,24,27). The third-order valence-corrected chi connectivity index (χ3v) is 5.38. The number of aryl methyl sites for hydroxylation is 2. The predicted molar refractivity (Wildman–Crippen MR) is 110 cm³/mol. The summed E-state index contributed by atoms with van der Waals surface area (Å²) in [6.07, 6.45) is 1.65. The molecule has 1 N–H and O–H groups in total. The molecule has 1 amide bonds. The van der Waals surface area contributed by atoms with Crippen LogP contribution in [0.2, 0.25) is 0 Å². The molecule has 6 nitrogen and oxygen atoms in total. The first kappa shape index (κ1) is 19.2. The molecule has 0 spiro atoms. The van der Waals surface area contributed by atoms with E-state index < -0.39 is 0 Å². The number of hydrogen-bond donors (Lipinski definition) is 1. The number of rotatable bonds is 5. The maximum atomic E-state index is 12.7. The van der Waals surface area contributed by atoms with Crippen molar-refractivity contribution in [2.24, 2.45) is 0 Å². The van der Waals surface area contributed by atoms with Crippen LogP contribution in [-0.4, -0.2) is 22.6 Å². The lowest BCUT2D eigenvalue weighted by atomic mass is 10.1. The number of amides is 1. The Kier molecular flexibility index (Phi) is 5.36. The zero-order chi connectivity index (χ0) is 20.4. The van der Waals surface area contributed by atoms with Crippen LogP contribution in [0.3, 0.4) is 0 Å². The summed E-state index contributed by atoms with van der Waals surface area (Å²) in [7, 11) is 1.65. The molecule has 150 valence electrons. The number of carbonyl (C=O) groups excluding carboxylic acids is 1. The third-order valence-electron chi connectivity index (χ3n) is 5.38. The Hall–Kier alpha value is -3.12. The van der Waals surface area contributed by atoms with Gasteiger partial charge in [0.15, 0.2) is 5.69 Å². The van der Waals surface area contributed by atoms with Gasteiger partial charge < -0.3 is 19.4 Å². The van der Waals surface area contributed by atoms with Gasteiger partial charge in [-0.2, -0.15) is 0 Å². The van der Waals surface area contributed by atoms with E-state index in [-0.39, 0.29) is 12.0 Å². The Morgan fingerprint density at radius 2 is 2.03 bits per heavy atom. The average molecular weight is 391 g/mol. The van der Waals surface area contributed by atoms with Crippen molar-refractivity contribution >= 4 is 5.91 Å². The van der Waals surface area contributed by atoms with E-state index in [1.165, 1.54) is 5.56 Å². The highest BCUT2D eigenvalue weighted by Crippen LogP contribution is 2.28. The predicted octanol–water partition coefficient (Wildman–Crippen LogP) is 3.71. The van der Waals surface area contributed by atoms with E-state index in [2.05, 4.69) is 28.5 Å². The molecule has 1 aliphatic heterocycles. The molecule has 0 saturated heterocycles. The smallest absolute Gasteiger partial charge is 0.272 e. The summed E-state index contributed by atoms with van der Waals surface area (Å²) in [5.74, 6) is 0.641. The van der Waals surface area contributed by atoms with Crippen molar-refractivity contribution in [3.63, 3.8) is 0 Å². The maximum absolute atomic E-state index is 12.7. The van der Waals surface area contributed by atoms with E-state index in [0.717, 1.165) is 28.1 Å². The lowest BCUT2D eigenvalue weighted by molar-refractivity contribution is 0.00255. The highest BCUT2D eigenvalue weighted by atomic mass is 16.5. The third kappa shape index (κ3) is 4.03. The van der Waals surface area contributed by atoms with Crippen LogP contribution in [0.5, 0.6) is 5.75 Å². The molecule has 2 aromatic carbocycles. The molecule has 0 saturated carbocycles. The number of hydrogen-bond acceptors (Lipinski definition) is 4. The summed E-state index contributed by atoms with van der Waals surface area (Å²) < 4.78 is 13.2. The minimum absolute atomic E-state index is 0.0755. The summed E-state index contributed by atoms with van der Waals surface area (Å²) >= 11 is 0. The zero-order valence-electron chi connectivity index (χ0n) is 16.9. The highest BCUT2D eigenvalue weighted by Gasteiger charge is 2.26. The molecular weight excluding hydrogens is 366 g/mol. The minimum atomic E-state index is -0.175. The number of fused-ring (bicyclic) bond motifs is 1. The Bertz CT molecular complexity index is 1020. The SMILES string of the molecule is COc1ccc(C2Cn3cnc(C(=O)NCc4cc(C)ccc4C)c3CO2)cc1. The van der Waals surface area contributed by atoms with Gasteiger partial charge in [0.2, 0.25) is 0 Å². The van der Waals surface area contributed by atoms with Gasteiger partial charge in [0.25, 0.3) is 5.91 Å². The van der Waals surface area contributed by atoms with Crippen molar-refractivity contribution in [1.82, 2.24) is 14.9 Å². The summed E-state index contributed by atoms with van der Waals surface area (Å²) in [4.78, 5) is 17.1. The van der Waals surface area contributed by atoms with E-state index in [0.29, 0.717) is 25.4 Å². The number of nitrogens with zero attached hydrogens (tertiary/aromatic N) is 2. The first-order valence-electron chi connectivity index (χ1n) is 9.69. The summed E-state index contributed by atoms with van der Waals surface area (Å²) in [5, 5.41) is 2.99. The number of carbonyl (C=O) groups is 1. The number of imidazole rings is 1. The molecule has 0 fully saturated rings. The molecule has 0 aliphatic carbocycles. The number of methoxy groups -OCH3 is 1. The summed E-state index contributed by atoms with van der Waals surface area (Å²) in [6.45, 7) is 5.55. The second-order valence-corrected chi connectivity index (χ2v) is 7.38. The molecule has 2 heterocycles. The van der Waals surface area contributed by atoms with Crippen molar-refractivity contribution in [2.45, 2.75) is 39.6 Å². The first-order valence-corrected chi connectivity index (χ1v) is 9.69. The van der Waals surface area contributed by atoms with Gasteiger partial charge in [-0.25, -0.2) is 4.98 Å². The van der Waals surface area contributed by atoms with Crippen LogP contribution in [0, 0.1) is 13.8 Å². The van der Waals surface area contributed by atoms with Gasteiger partial charge in [0, 0.05) is 6.54 Å². The quantitative estimate of drug-likeness (QED) is 0.720. The van der Waals surface area contributed by atoms with Gasteiger partial charge in [-0.3, -0.25) is 4.79 Å². The molecule has 3 aromatic rings. The molecule has 1 unspecified atom stereocenters. The molecule has 6 heteroatoms. The van der Waals surface area contributed by atoms with Gasteiger partial charge >= 0.3 is 0 Å². The Balaban J connectivity index is 1.44. The van der Waals surface area contributed by atoms with Gasteiger partial charge in [0.1, 0.15) is 11.9 Å². The van der Waals surface area contributed by atoms with E-state index in [1.807, 2.05) is 42.7 Å². The van der Waals surface area contributed by atoms with Crippen LogP contribution in [0.4, 0.5) is 0 Å². The van der Waals surface area contributed by atoms with E-state index in [9.17, 15) is 4.79 Å². The average Bonchev–Trinajstić information content (AvgIpc) is 3.17. The summed E-state index contributed by atoms with van der Waals surface area (Å²) in [5.41, 5.74) is 5.77. The van der Waals surface area contributed by atoms with Crippen molar-refractivity contribution in [3.8, 4) is 5.75 Å². The lowest BCUT2D eigenvalue weighted by Gasteiger charge is -2.25. The molecular formula is C23H25N3O3. The number of benzene rings is 2. The van der Waals surface area contributed by atoms with Gasteiger partial charge in [0.05, 0.1) is 32.3 Å². The topological polar surface area (TPSA) is 65.4 Å². The van der Waals surface area contributed by atoms with Crippen molar-refractivity contribution in [2.75, 3.05) is 7.11 Å². The number of nitrogens with one attached hydrogen (secondary N) is 1. The molecule has 29 heavy (non-hydrogen) atoms. The molecule has 4 rings (SSSR count). The number of aromatic nitrogens is 2. The Morgan fingerprint density at radius 1 is 1.24 bits per heavy atom. The largest absolute Gasteiger partial charge is 0.497 e. The fourth-order valence-electron chi connectivity index (χ4n) is 3.59. The molecule has 1 aromatic heterocycles. The number of ether oxygens (including phenoxy) is 2. The van der Waals surface area contributed by atoms with Crippen LogP contribution in [0.15, 0.2) is 48.8 Å². The first-order chi connectivity index (χ1) is 14.0. The van der Waals surface area contributed by atoms with E-state index in [4.69, 9.17) is 9.47 Å². The second-order valence-electron chi connectivity index (χ2n) is 7.38. The summed E-state index contributed by atoms with van der Waals surface area (Å²) in [6, 6.07) is 14.1. The van der Waals surface area contributed by atoms with Crippen LogP contribution in [0.25, 0.3) is 0 Å². The van der Waals surface area contributed by atoms with Gasteiger partial charge in [-0.05, 0) is 42.7 Å². The van der Waals surface area contributed by atoms with E-state index >= 15 is 0 Å². The fourth-order valence-corrected chi connectivity index (χ4v) is 3.59. The zero-order valence-corrected chi connectivity index (χ0v) is 16.9. The molecule has 0 radical (unpaired) electrons. The Morgan fingerprint density at radius 3 is 2.79 bits per heavy atom. The van der Waals surface area contributed by atoms with Crippen LogP contribution in [-0.2, 0) is 24.4 Å². The highest BCUT2D eigenvalue weighted by molar-refractivity contribution is 5.93. The maximum Gasteiger partial charge on any atom is 0.272 e. The van der Waals surface area contributed by atoms with Crippen LogP contribution in [0.1, 0.15) is 44.5 Å². The lowest BCUT2D eigenvalue weighted by Crippen LogP contribution is -2.27. The van der Waals surface area contributed by atoms with Gasteiger partial charge in [-0.1, -0.05) is 35.9 Å². The second kappa shape index (κ2) is 8.09. The molecule has 1 atom stereocenters. The fraction of sp³-hybridized carbons (Fsp3) is 0.304. The molecule has 1 aliphatic rings. The van der Waals surface area contributed by atoms with Crippen molar-refractivity contribution in [3.05, 3.63) is 82.4 Å². The van der Waals surface area contributed by atoms with Crippen LogP contribution >= 0.6 is 0 Å². The minimum Gasteiger partial charge on any atom is -0.497 e. The normalized spacial score (nSPS) is 15.6. The molecule has 0 bridgehead atoms. The monoisotopic (exact) mass is 391 g/mol. The van der Waals surface area contributed by atoms with Crippen LogP contribution < -0.4 is 10.1 Å². The van der Waals surface area contributed by atoms with Crippen molar-refractivity contribution < 1.29 is 14.3 Å². The van der Waals surface area contributed by atoms with Crippen molar-refractivity contribution in [1.29, 1.82) is 0 Å². The van der Waals surface area contributed by atoms with Gasteiger partial charge in [-0.15, -0.1) is 0 Å². The Labute approximate surface area is 170 Å². The van der Waals surface area contributed by atoms with E-state index in [1.54, 1.807) is 13.4 Å².